The van der Waals surface area contributed by atoms with Crippen LogP contribution < -0.4 is 5.73 Å². The number of rotatable bonds is 3. The van der Waals surface area contributed by atoms with E-state index < -0.39 is 0 Å². The van der Waals surface area contributed by atoms with Gasteiger partial charge >= 0.3 is 0 Å². The molecule has 0 bridgehead atoms. The van der Waals surface area contributed by atoms with E-state index in [-0.39, 0.29) is 5.91 Å². The summed E-state index contributed by atoms with van der Waals surface area (Å²) in [4.78, 5) is 13.0. The first kappa shape index (κ1) is 9.52. The number of nitrogens with zero attached hydrogens (tertiary/aromatic N) is 1. The Balaban J connectivity index is 2.49. The van der Waals surface area contributed by atoms with E-state index in [9.17, 15) is 4.79 Å². The summed E-state index contributed by atoms with van der Waals surface area (Å²) in [6.45, 7) is 3.75. The van der Waals surface area contributed by atoms with Crippen molar-refractivity contribution in [3.8, 4) is 0 Å². The number of carbonyl (C=O) groups excluding carboxylic acids is 1. The minimum Gasteiger partial charge on any atom is -0.345 e. The summed E-state index contributed by atoms with van der Waals surface area (Å²) in [5.74, 6) is 1.29. The summed E-state index contributed by atoms with van der Waals surface area (Å²) in [5.41, 5.74) is 5.62. The first-order chi connectivity index (χ1) is 5.69. The fourth-order valence-corrected chi connectivity index (χ4v) is 1.91. The largest absolute Gasteiger partial charge is 0.345 e. The maximum atomic E-state index is 11.2. The predicted molar refractivity (Wildman–Crippen MR) is 48.6 cm³/mol. The Morgan fingerprint density at radius 2 is 2.42 bits per heavy atom. The van der Waals surface area contributed by atoms with E-state index in [1.54, 1.807) is 0 Å². The van der Waals surface area contributed by atoms with Gasteiger partial charge in [-0.2, -0.15) is 0 Å². The molecule has 0 aromatic carbocycles. The van der Waals surface area contributed by atoms with Gasteiger partial charge < -0.3 is 10.6 Å². The van der Waals surface area contributed by atoms with Crippen molar-refractivity contribution in [2.24, 2.45) is 17.6 Å². The first-order valence-electron chi connectivity index (χ1n) is 4.63. The van der Waals surface area contributed by atoms with Gasteiger partial charge in [0.2, 0.25) is 5.91 Å². The number of likely N-dealkylation sites (tertiary alicyclic amines) is 1. The minimum atomic E-state index is 0.270. The Morgan fingerprint density at radius 3 is 2.75 bits per heavy atom. The molecule has 1 saturated heterocycles. The fourth-order valence-electron chi connectivity index (χ4n) is 1.91. The van der Waals surface area contributed by atoms with Crippen LogP contribution in [0.15, 0.2) is 0 Å². The molecule has 0 aromatic heterocycles. The Hall–Kier alpha value is -0.570. The van der Waals surface area contributed by atoms with Crippen molar-refractivity contribution in [3.05, 3.63) is 0 Å². The van der Waals surface area contributed by atoms with Crippen LogP contribution in [0.25, 0.3) is 0 Å². The van der Waals surface area contributed by atoms with Crippen LogP contribution in [0.4, 0.5) is 0 Å². The molecule has 1 aliphatic heterocycles. The highest BCUT2D eigenvalue weighted by atomic mass is 16.2. The molecule has 3 nitrogen and oxygen atoms in total. The second kappa shape index (κ2) is 3.90. The summed E-state index contributed by atoms with van der Waals surface area (Å²) < 4.78 is 0. The Morgan fingerprint density at radius 1 is 1.75 bits per heavy atom. The third-order valence-electron chi connectivity index (χ3n) is 2.86. The van der Waals surface area contributed by atoms with Crippen LogP contribution in [0.5, 0.6) is 0 Å². The molecule has 0 aliphatic carbocycles. The maximum Gasteiger partial charge on any atom is 0.222 e. The van der Waals surface area contributed by atoms with E-state index >= 15 is 0 Å². The highest BCUT2D eigenvalue weighted by Gasteiger charge is 2.31. The van der Waals surface area contributed by atoms with Gasteiger partial charge in [-0.05, 0) is 18.4 Å². The lowest BCUT2D eigenvalue weighted by atomic mass is 9.89. The van der Waals surface area contributed by atoms with E-state index in [4.69, 9.17) is 5.73 Å². The van der Waals surface area contributed by atoms with Gasteiger partial charge in [0.25, 0.3) is 0 Å². The summed E-state index contributed by atoms with van der Waals surface area (Å²) in [6.07, 6.45) is 1.79. The van der Waals surface area contributed by atoms with Crippen molar-refractivity contribution in [1.29, 1.82) is 0 Å². The summed E-state index contributed by atoms with van der Waals surface area (Å²) in [6, 6.07) is 0. The second-order valence-electron chi connectivity index (χ2n) is 3.64. The molecule has 0 aromatic rings. The third kappa shape index (κ3) is 1.78. The second-order valence-corrected chi connectivity index (χ2v) is 3.64. The normalized spacial score (nSPS) is 26.4. The smallest absolute Gasteiger partial charge is 0.222 e. The van der Waals surface area contributed by atoms with E-state index in [1.807, 2.05) is 11.9 Å². The number of hydrogen-bond acceptors (Lipinski definition) is 2. The van der Waals surface area contributed by atoms with E-state index in [1.165, 1.54) is 0 Å². The molecule has 1 aliphatic rings. The molecule has 0 saturated carbocycles. The van der Waals surface area contributed by atoms with Crippen molar-refractivity contribution in [2.75, 3.05) is 20.1 Å². The van der Waals surface area contributed by atoms with Gasteiger partial charge in [-0.25, -0.2) is 0 Å². The highest BCUT2D eigenvalue weighted by Crippen LogP contribution is 2.25. The van der Waals surface area contributed by atoms with Gasteiger partial charge in [-0.1, -0.05) is 13.3 Å². The molecule has 1 rings (SSSR count). The van der Waals surface area contributed by atoms with Crippen molar-refractivity contribution in [1.82, 2.24) is 4.90 Å². The van der Waals surface area contributed by atoms with Crippen LogP contribution in [-0.4, -0.2) is 30.9 Å². The van der Waals surface area contributed by atoms with Crippen molar-refractivity contribution < 1.29 is 4.79 Å². The third-order valence-corrected chi connectivity index (χ3v) is 2.86. The van der Waals surface area contributed by atoms with E-state index in [2.05, 4.69) is 6.92 Å². The van der Waals surface area contributed by atoms with Crippen LogP contribution >= 0.6 is 0 Å². The molecule has 0 spiro atoms. The van der Waals surface area contributed by atoms with Crippen LogP contribution in [-0.2, 0) is 4.79 Å². The molecule has 12 heavy (non-hydrogen) atoms. The van der Waals surface area contributed by atoms with Crippen LogP contribution in [0.2, 0.25) is 0 Å². The molecule has 2 N–H and O–H groups in total. The van der Waals surface area contributed by atoms with E-state index in [0.29, 0.717) is 24.8 Å². The standard InChI is InChI=1S/C9H18N2O/c1-3-7(5-10)8-4-9(12)11(2)6-8/h7-8H,3-6,10H2,1-2H3. The van der Waals surface area contributed by atoms with Gasteiger partial charge in [0.15, 0.2) is 0 Å². The zero-order valence-electron chi connectivity index (χ0n) is 7.92. The molecular formula is C9H18N2O. The minimum absolute atomic E-state index is 0.270. The molecule has 0 radical (unpaired) electrons. The zero-order chi connectivity index (χ0) is 9.14. The molecule has 70 valence electrons. The fraction of sp³-hybridized carbons (Fsp3) is 0.889. The predicted octanol–water partition coefficient (Wildman–Crippen LogP) is 0.450. The summed E-state index contributed by atoms with van der Waals surface area (Å²) >= 11 is 0. The lowest BCUT2D eigenvalue weighted by Gasteiger charge is -2.19. The molecule has 1 heterocycles. The number of amides is 1. The lowest BCUT2D eigenvalue weighted by Crippen LogP contribution is -2.25. The molecule has 2 unspecified atom stereocenters. The SMILES string of the molecule is CCC(CN)C1CC(=O)N(C)C1. The van der Waals surface area contributed by atoms with Crippen LogP contribution in [0, 0.1) is 11.8 Å². The average molecular weight is 170 g/mol. The number of nitrogens with two attached hydrogens (primary N) is 1. The molecule has 1 amide bonds. The topological polar surface area (TPSA) is 46.3 Å². The highest BCUT2D eigenvalue weighted by molar-refractivity contribution is 5.78. The van der Waals surface area contributed by atoms with Crippen molar-refractivity contribution in [3.63, 3.8) is 0 Å². The van der Waals surface area contributed by atoms with Gasteiger partial charge in [0.05, 0.1) is 0 Å². The molecule has 1 fully saturated rings. The van der Waals surface area contributed by atoms with Crippen LogP contribution in [0.3, 0.4) is 0 Å². The molecular weight excluding hydrogens is 152 g/mol. The van der Waals surface area contributed by atoms with Gasteiger partial charge in [-0.15, -0.1) is 0 Å². The van der Waals surface area contributed by atoms with Gasteiger partial charge in [-0.3, -0.25) is 4.79 Å². The van der Waals surface area contributed by atoms with Crippen LogP contribution in [0.1, 0.15) is 19.8 Å². The summed E-state index contributed by atoms with van der Waals surface area (Å²) in [7, 11) is 1.87. The molecule has 2 atom stereocenters. The van der Waals surface area contributed by atoms with Gasteiger partial charge in [0, 0.05) is 20.0 Å². The maximum absolute atomic E-state index is 11.2. The Bertz CT molecular complexity index is 166. The quantitative estimate of drug-likeness (QED) is 0.668. The summed E-state index contributed by atoms with van der Waals surface area (Å²) in [5, 5.41) is 0. The zero-order valence-corrected chi connectivity index (χ0v) is 7.92. The first-order valence-corrected chi connectivity index (χ1v) is 4.63. The Kier molecular flexibility index (Phi) is 3.09. The van der Waals surface area contributed by atoms with Crippen molar-refractivity contribution in [2.45, 2.75) is 19.8 Å². The number of carbonyl (C=O) groups is 1. The molecule has 3 heteroatoms. The monoisotopic (exact) mass is 170 g/mol. The van der Waals surface area contributed by atoms with Gasteiger partial charge in [0.1, 0.15) is 0 Å². The average Bonchev–Trinajstić information content (AvgIpc) is 2.35. The van der Waals surface area contributed by atoms with Crippen molar-refractivity contribution >= 4 is 5.91 Å². The number of hydrogen-bond donors (Lipinski definition) is 1. The lowest BCUT2D eigenvalue weighted by molar-refractivity contribution is -0.126. The van der Waals surface area contributed by atoms with E-state index in [0.717, 1.165) is 13.0 Å². The Labute approximate surface area is 73.9 Å².